The van der Waals surface area contributed by atoms with Crippen molar-refractivity contribution in [1.82, 2.24) is 0 Å². The molecule has 0 radical (unpaired) electrons. The summed E-state index contributed by atoms with van der Waals surface area (Å²) in [7, 11) is 0. The molecule has 23 heavy (non-hydrogen) atoms. The van der Waals surface area contributed by atoms with E-state index >= 15 is 0 Å². The van der Waals surface area contributed by atoms with Crippen molar-refractivity contribution < 1.29 is 9.53 Å². The Hall–Kier alpha value is -2.58. The Labute approximate surface area is 140 Å². The number of rotatable bonds is 4. The number of benzene rings is 3. The highest BCUT2D eigenvalue weighted by Crippen LogP contribution is 2.28. The van der Waals surface area contributed by atoms with E-state index in [2.05, 4.69) is 0 Å². The van der Waals surface area contributed by atoms with Crippen molar-refractivity contribution in [3.8, 4) is 0 Å². The van der Waals surface area contributed by atoms with Gasteiger partial charge in [-0.3, -0.25) is 0 Å². The molecule has 0 aromatic heterocycles. The number of halogens is 1. The topological polar surface area (TPSA) is 26.3 Å². The molecule has 0 aliphatic rings. The molecule has 0 aliphatic carbocycles. The maximum absolute atomic E-state index is 12.5. The van der Waals surface area contributed by atoms with E-state index in [1.165, 1.54) is 0 Å². The molecule has 0 fully saturated rings. The van der Waals surface area contributed by atoms with E-state index in [1.54, 1.807) is 24.3 Å². The zero-order valence-electron chi connectivity index (χ0n) is 12.4. The fourth-order valence-electron chi connectivity index (χ4n) is 2.38. The lowest BCUT2D eigenvalue weighted by Crippen LogP contribution is -2.13. The normalized spacial score (nSPS) is 10.5. The highest BCUT2D eigenvalue weighted by Gasteiger charge is 2.21. The van der Waals surface area contributed by atoms with Gasteiger partial charge in [-0.25, -0.2) is 4.79 Å². The molecule has 0 amide bonds. The van der Waals surface area contributed by atoms with Gasteiger partial charge in [0.15, 0.2) is 6.10 Å². The maximum Gasteiger partial charge on any atom is 0.340 e. The summed E-state index contributed by atoms with van der Waals surface area (Å²) >= 11 is 6.09. The molecule has 3 aromatic carbocycles. The van der Waals surface area contributed by atoms with Gasteiger partial charge >= 0.3 is 5.97 Å². The largest absolute Gasteiger partial charge is 0.449 e. The van der Waals surface area contributed by atoms with E-state index in [1.807, 2.05) is 60.7 Å². The first-order chi connectivity index (χ1) is 11.3. The Morgan fingerprint density at radius 3 is 1.74 bits per heavy atom. The van der Waals surface area contributed by atoms with E-state index in [0.717, 1.165) is 11.1 Å². The number of ether oxygens (including phenoxy) is 1. The van der Waals surface area contributed by atoms with Crippen molar-refractivity contribution in [1.29, 1.82) is 0 Å². The van der Waals surface area contributed by atoms with Crippen LogP contribution in [0.5, 0.6) is 0 Å². The van der Waals surface area contributed by atoms with Crippen LogP contribution >= 0.6 is 11.6 Å². The van der Waals surface area contributed by atoms with Crippen molar-refractivity contribution in [3.05, 3.63) is 107 Å². The van der Waals surface area contributed by atoms with Gasteiger partial charge in [0.1, 0.15) is 0 Å². The Balaban J connectivity index is 1.94. The predicted molar refractivity (Wildman–Crippen MR) is 91.6 cm³/mol. The molecule has 3 heteroatoms. The van der Waals surface area contributed by atoms with Gasteiger partial charge in [0.2, 0.25) is 0 Å². The van der Waals surface area contributed by atoms with Gasteiger partial charge < -0.3 is 4.74 Å². The highest BCUT2D eigenvalue weighted by molar-refractivity contribution is 6.33. The van der Waals surface area contributed by atoms with Crippen LogP contribution in [0.25, 0.3) is 0 Å². The molecule has 0 aliphatic heterocycles. The zero-order valence-corrected chi connectivity index (χ0v) is 13.1. The summed E-state index contributed by atoms with van der Waals surface area (Å²) < 4.78 is 5.77. The third-order valence-corrected chi connectivity index (χ3v) is 3.85. The van der Waals surface area contributed by atoms with E-state index in [-0.39, 0.29) is 0 Å². The lowest BCUT2D eigenvalue weighted by Gasteiger charge is -2.19. The number of hydrogen-bond donors (Lipinski definition) is 0. The Morgan fingerprint density at radius 1 is 0.739 bits per heavy atom. The van der Waals surface area contributed by atoms with Crippen LogP contribution in [-0.2, 0) is 4.74 Å². The quantitative estimate of drug-likeness (QED) is 0.610. The Kier molecular flexibility index (Phi) is 4.74. The minimum atomic E-state index is -0.471. The van der Waals surface area contributed by atoms with E-state index in [0.29, 0.717) is 10.6 Å². The van der Waals surface area contributed by atoms with Gasteiger partial charge in [0, 0.05) is 0 Å². The van der Waals surface area contributed by atoms with Crippen LogP contribution < -0.4 is 0 Å². The van der Waals surface area contributed by atoms with Crippen molar-refractivity contribution in [2.75, 3.05) is 0 Å². The smallest absolute Gasteiger partial charge is 0.340 e. The minimum Gasteiger partial charge on any atom is -0.449 e. The first-order valence-electron chi connectivity index (χ1n) is 7.31. The molecule has 0 bridgehead atoms. The summed E-state index contributed by atoms with van der Waals surface area (Å²) in [6.45, 7) is 0. The average molecular weight is 323 g/mol. The molecule has 0 saturated carbocycles. The summed E-state index contributed by atoms with van der Waals surface area (Å²) in [5, 5.41) is 0.386. The van der Waals surface area contributed by atoms with Gasteiger partial charge in [0.05, 0.1) is 10.6 Å². The summed E-state index contributed by atoms with van der Waals surface area (Å²) in [5.41, 5.74) is 2.20. The fraction of sp³-hybridized carbons (Fsp3) is 0.0500. The summed E-state index contributed by atoms with van der Waals surface area (Å²) in [6.07, 6.45) is -0.471. The highest BCUT2D eigenvalue weighted by atomic mass is 35.5. The summed E-state index contributed by atoms with van der Waals surface area (Å²) in [6, 6.07) is 26.2. The van der Waals surface area contributed by atoms with E-state index in [9.17, 15) is 4.79 Å². The predicted octanol–water partition coefficient (Wildman–Crippen LogP) is 5.29. The number of carbonyl (C=O) groups excluding carboxylic acids is 1. The second kappa shape index (κ2) is 7.12. The third-order valence-electron chi connectivity index (χ3n) is 3.52. The van der Waals surface area contributed by atoms with Crippen LogP contribution in [-0.4, -0.2) is 5.97 Å². The van der Waals surface area contributed by atoms with Gasteiger partial charge in [-0.2, -0.15) is 0 Å². The van der Waals surface area contributed by atoms with Gasteiger partial charge in [-0.15, -0.1) is 0 Å². The molecule has 0 unspecified atom stereocenters. The first-order valence-corrected chi connectivity index (χ1v) is 7.69. The molecule has 0 atom stereocenters. The number of carbonyl (C=O) groups is 1. The molecular formula is C20H15ClO2. The van der Waals surface area contributed by atoms with Crippen molar-refractivity contribution >= 4 is 17.6 Å². The Bertz CT molecular complexity index is 746. The minimum absolute atomic E-state index is 0.367. The molecule has 0 saturated heterocycles. The van der Waals surface area contributed by atoms with Crippen LogP contribution in [0.15, 0.2) is 84.9 Å². The van der Waals surface area contributed by atoms with Gasteiger partial charge in [-0.1, -0.05) is 84.4 Å². The molecule has 0 spiro atoms. The number of hydrogen-bond acceptors (Lipinski definition) is 2. The van der Waals surface area contributed by atoms with Crippen molar-refractivity contribution in [3.63, 3.8) is 0 Å². The average Bonchev–Trinajstić information content (AvgIpc) is 2.61. The van der Waals surface area contributed by atoms with Crippen LogP contribution in [0.2, 0.25) is 5.02 Å². The molecule has 3 aromatic rings. The van der Waals surface area contributed by atoms with Crippen LogP contribution in [0.1, 0.15) is 27.6 Å². The fourth-order valence-corrected chi connectivity index (χ4v) is 2.59. The standard InChI is InChI=1S/C20H15ClO2/c21-18-14-8-7-13-17(18)20(22)23-19(15-9-3-1-4-10-15)16-11-5-2-6-12-16/h1-14,19H. The molecule has 3 rings (SSSR count). The van der Waals surface area contributed by atoms with Crippen molar-refractivity contribution in [2.45, 2.75) is 6.10 Å². The van der Waals surface area contributed by atoms with E-state index < -0.39 is 12.1 Å². The molecular weight excluding hydrogens is 308 g/mol. The van der Waals surface area contributed by atoms with Crippen LogP contribution in [0, 0.1) is 0 Å². The monoisotopic (exact) mass is 322 g/mol. The molecule has 0 N–H and O–H groups in total. The second-order valence-electron chi connectivity index (χ2n) is 5.09. The van der Waals surface area contributed by atoms with Crippen molar-refractivity contribution in [2.24, 2.45) is 0 Å². The molecule has 114 valence electrons. The zero-order chi connectivity index (χ0) is 16.1. The van der Waals surface area contributed by atoms with E-state index in [4.69, 9.17) is 16.3 Å². The lowest BCUT2D eigenvalue weighted by molar-refractivity contribution is 0.0378. The lowest BCUT2D eigenvalue weighted by atomic mass is 10.0. The second-order valence-corrected chi connectivity index (χ2v) is 5.49. The Morgan fingerprint density at radius 2 is 1.22 bits per heavy atom. The van der Waals surface area contributed by atoms with Crippen LogP contribution in [0.3, 0.4) is 0 Å². The summed E-state index contributed by atoms with van der Waals surface area (Å²) in [5.74, 6) is -0.437. The molecule has 2 nitrogen and oxygen atoms in total. The van der Waals surface area contributed by atoms with Gasteiger partial charge in [0.25, 0.3) is 0 Å². The summed E-state index contributed by atoms with van der Waals surface area (Å²) in [4.78, 5) is 12.5. The van der Waals surface area contributed by atoms with Gasteiger partial charge in [-0.05, 0) is 23.3 Å². The maximum atomic E-state index is 12.5. The molecule has 0 heterocycles. The SMILES string of the molecule is O=C(OC(c1ccccc1)c1ccccc1)c1ccccc1Cl. The first kappa shape index (κ1) is 15.3. The third kappa shape index (κ3) is 3.61. The number of esters is 1. The van der Waals surface area contributed by atoms with Crippen LogP contribution in [0.4, 0.5) is 0 Å².